The topological polar surface area (TPSA) is 116 Å². The molecule has 0 atom stereocenters. The minimum Gasteiger partial charge on any atom is -0.389 e. The highest BCUT2D eigenvalue weighted by molar-refractivity contribution is 5.64. The molecule has 0 radical (unpaired) electrons. The minimum absolute atomic E-state index is 0.233. The molecule has 4 aromatic rings. The van der Waals surface area contributed by atoms with Crippen molar-refractivity contribution in [3.8, 4) is 22.6 Å². The van der Waals surface area contributed by atoms with Gasteiger partial charge in [-0.3, -0.25) is 4.68 Å². The smallest absolute Gasteiger partial charge is 0.261 e. The Kier molecular flexibility index (Phi) is 4.82. The molecule has 0 bridgehead atoms. The van der Waals surface area contributed by atoms with E-state index < -0.39 is 5.60 Å². The van der Waals surface area contributed by atoms with Crippen molar-refractivity contribution in [1.82, 2.24) is 24.9 Å². The summed E-state index contributed by atoms with van der Waals surface area (Å²) in [7, 11) is 0. The second-order valence-corrected chi connectivity index (χ2v) is 9.15. The molecule has 0 saturated heterocycles. The van der Waals surface area contributed by atoms with Crippen LogP contribution >= 0.6 is 0 Å². The minimum atomic E-state index is -0.853. The molecule has 8 heteroatoms. The summed E-state index contributed by atoms with van der Waals surface area (Å²) in [5.41, 5.74) is 8.65. The first-order chi connectivity index (χ1) is 15.3. The monoisotopic (exact) mass is 430 g/mol. The first-order valence-corrected chi connectivity index (χ1v) is 10.7. The van der Waals surface area contributed by atoms with E-state index in [1.54, 1.807) is 37.0 Å². The lowest BCUT2D eigenvalue weighted by Crippen LogP contribution is -2.36. The van der Waals surface area contributed by atoms with Gasteiger partial charge in [0.1, 0.15) is 5.82 Å². The normalized spacial score (nSPS) is 15.5. The molecule has 3 aromatic heterocycles. The molecule has 1 aliphatic rings. The molecule has 1 aliphatic carbocycles. The zero-order valence-electron chi connectivity index (χ0n) is 18.2. The Morgan fingerprint density at radius 2 is 1.81 bits per heavy atom. The van der Waals surface area contributed by atoms with Gasteiger partial charge >= 0.3 is 0 Å². The van der Waals surface area contributed by atoms with Gasteiger partial charge in [-0.05, 0) is 49.9 Å². The fourth-order valence-corrected chi connectivity index (χ4v) is 4.22. The lowest BCUT2D eigenvalue weighted by atomic mass is 9.64. The highest BCUT2D eigenvalue weighted by atomic mass is 16.5. The third-order valence-electron chi connectivity index (χ3n) is 6.05. The molecule has 0 aliphatic heterocycles. The van der Waals surface area contributed by atoms with Gasteiger partial charge in [0.2, 0.25) is 0 Å². The molecular weight excluding hydrogens is 404 g/mol. The number of nitrogen functional groups attached to an aromatic ring is 1. The Bertz CT molecular complexity index is 1210. The Hall–Kier alpha value is -3.52. The van der Waals surface area contributed by atoms with Gasteiger partial charge in [-0.25, -0.2) is 4.98 Å². The first kappa shape index (κ1) is 20.4. The van der Waals surface area contributed by atoms with Gasteiger partial charge in [0.05, 0.1) is 29.3 Å². The Morgan fingerprint density at radius 1 is 1.06 bits per heavy atom. The molecule has 0 amide bonds. The van der Waals surface area contributed by atoms with Crippen LogP contribution in [0.25, 0.3) is 22.6 Å². The summed E-state index contributed by atoms with van der Waals surface area (Å²) in [6, 6.07) is 12.3. The standard InChI is InChI=1S/C24H26N6O2/c1-23(2,31)15-30-14-18(13-27-30)21-28-22(29-32-21)24(10-3-11-24)19-7-4-16(5-8-19)17-6-9-20(25)26-12-17/h4-9,12-14,31H,3,10-11,15H2,1-2H3,(H2,25,26). The molecule has 164 valence electrons. The van der Waals surface area contributed by atoms with Crippen LogP contribution in [0.2, 0.25) is 0 Å². The van der Waals surface area contributed by atoms with Crippen molar-refractivity contribution in [1.29, 1.82) is 0 Å². The van der Waals surface area contributed by atoms with E-state index in [-0.39, 0.29) is 5.41 Å². The third kappa shape index (κ3) is 3.78. The van der Waals surface area contributed by atoms with Crippen molar-refractivity contribution in [3.63, 3.8) is 0 Å². The molecule has 3 heterocycles. The predicted octanol–water partition coefficient (Wildman–Crippen LogP) is 3.82. The van der Waals surface area contributed by atoms with Crippen molar-refractivity contribution in [3.05, 3.63) is 66.4 Å². The third-order valence-corrected chi connectivity index (χ3v) is 6.05. The van der Waals surface area contributed by atoms with Gasteiger partial charge in [-0.2, -0.15) is 10.1 Å². The fourth-order valence-electron chi connectivity index (χ4n) is 4.22. The molecule has 0 spiro atoms. The van der Waals surface area contributed by atoms with Crippen LogP contribution in [0.15, 0.2) is 59.5 Å². The highest BCUT2D eigenvalue weighted by Gasteiger charge is 2.44. The molecule has 8 nitrogen and oxygen atoms in total. The van der Waals surface area contributed by atoms with Crippen LogP contribution in [0, 0.1) is 0 Å². The van der Waals surface area contributed by atoms with E-state index in [0.29, 0.717) is 24.1 Å². The summed E-state index contributed by atoms with van der Waals surface area (Å²) in [5.74, 6) is 1.66. The number of aliphatic hydroxyl groups is 1. The van der Waals surface area contributed by atoms with E-state index in [0.717, 1.165) is 36.0 Å². The van der Waals surface area contributed by atoms with Crippen LogP contribution in [-0.2, 0) is 12.0 Å². The van der Waals surface area contributed by atoms with Crippen LogP contribution in [0.3, 0.4) is 0 Å². The molecule has 1 aromatic carbocycles. The van der Waals surface area contributed by atoms with Gasteiger partial charge in [-0.1, -0.05) is 35.8 Å². The van der Waals surface area contributed by atoms with E-state index in [2.05, 4.69) is 39.5 Å². The van der Waals surface area contributed by atoms with Gasteiger partial charge in [-0.15, -0.1) is 0 Å². The summed E-state index contributed by atoms with van der Waals surface area (Å²) in [6.45, 7) is 3.87. The summed E-state index contributed by atoms with van der Waals surface area (Å²) in [4.78, 5) is 8.91. The van der Waals surface area contributed by atoms with Gasteiger partial charge < -0.3 is 15.4 Å². The summed E-state index contributed by atoms with van der Waals surface area (Å²) in [6.07, 6.45) is 8.37. The number of hydrogen-bond donors (Lipinski definition) is 2. The maximum Gasteiger partial charge on any atom is 0.261 e. The van der Waals surface area contributed by atoms with E-state index in [1.807, 2.05) is 12.3 Å². The van der Waals surface area contributed by atoms with E-state index in [1.165, 1.54) is 5.56 Å². The van der Waals surface area contributed by atoms with Crippen LogP contribution in [0.5, 0.6) is 0 Å². The van der Waals surface area contributed by atoms with Crippen molar-refractivity contribution in [2.75, 3.05) is 5.73 Å². The Balaban J connectivity index is 1.40. The van der Waals surface area contributed by atoms with Crippen molar-refractivity contribution in [2.45, 2.75) is 50.7 Å². The number of aromatic nitrogens is 5. The largest absolute Gasteiger partial charge is 0.389 e. The van der Waals surface area contributed by atoms with Crippen molar-refractivity contribution >= 4 is 5.82 Å². The molecule has 32 heavy (non-hydrogen) atoms. The van der Waals surface area contributed by atoms with Gasteiger partial charge in [0, 0.05) is 18.0 Å². The maximum absolute atomic E-state index is 10.0. The summed E-state index contributed by atoms with van der Waals surface area (Å²) < 4.78 is 7.29. The zero-order valence-corrected chi connectivity index (χ0v) is 18.2. The number of anilines is 1. The van der Waals surface area contributed by atoms with Crippen LogP contribution in [0.1, 0.15) is 44.5 Å². The lowest BCUT2D eigenvalue weighted by Gasteiger charge is -2.39. The Labute approximate surface area is 186 Å². The van der Waals surface area contributed by atoms with Gasteiger partial charge in [0.15, 0.2) is 5.82 Å². The number of hydrogen-bond acceptors (Lipinski definition) is 7. The second kappa shape index (κ2) is 7.56. The molecular formula is C24H26N6O2. The maximum atomic E-state index is 10.0. The number of nitrogens with zero attached hydrogens (tertiary/aromatic N) is 5. The number of pyridine rings is 1. The van der Waals surface area contributed by atoms with E-state index >= 15 is 0 Å². The Morgan fingerprint density at radius 3 is 2.44 bits per heavy atom. The van der Waals surface area contributed by atoms with Crippen LogP contribution < -0.4 is 5.73 Å². The highest BCUT2D eigenvalue weighted by Crippen LogP contribution is 2.48. The van der Waals surface area contributed by atoms with Gasteiger partial charge in [0.25, 0.3) is 5.89 Å². The van der Waals surface area contributed by atoms with Crippen molar-refractivity contribution < 1.29 is 9.63 Å². The summed E-state index contributed by atoms with van der Waals surface area (Å²) >= 11 is 0. The molecule has 0 unspecified atom stereocenters. The average Bonchev–Trinajstić information content (AvgIpc) is 3.37. The molecule has 3 N–H and O–H groups in total. The fraction of sp³-hybridized carbons (Fsp3) is 0.333. The summed E-state index contributed by atoms with van der Waals surface area (Å²) in [5, 5.41) is 18.7. The average molecular weight is 431 g/mol. The SMILES string of the molecule is CC(C)(O)Cn1cc(-c2nc(C3(c4ccc(-c5ccc(N)nc5)cc4)CCC3)no2)cn1. The zero-order chi connectivity index (χ0) is 22.3. The quantitative estimate of drug-likeness (QED) is 0.478. The predicted molar refractivity (Wildman–Crippen MR) is 121 cm³/mol. The first-order valence-electron chi connectivity index (χ1n) is 10.7. The van der Waals surface area contributed by atoms with Crippen LogP contribution in [0.4, 0.5) is 5.82 Å². The number of nitrogens with two attached hydrogens (primary N) is 1. The lowest BCUT2D eigenvalue weighted by molar-refractivity contribution is 0.0577. The molecule has 5 rings (SSSR count). The van der Waals surface area contributed by atoms with E-state index in [9.17, 15) is 5.11 Å². The molecule has 1 fully saturated rings. The molecule has 1 saturated carbocycles. The second-order valence-electron chi connectivity index (χ2n) is 9.15. The number of rotatable bonds is 6. The van der Waals surface area contributed by atoms with E-state index in [4.69, 9.17) is 15.2 Å². The number of benzene rings is 1. The van der Waals surface area contributed by atoms with Crippen molar-refractivity contribution in [2.24, 2.45) is 0 Å². The van der Waals surface area contributed by atoms with Crippen LogP contribution in [-0.4, -0.2) is 35.6 Å².